The Morgan fingerprint density at radius 1 is 1.18 bits per heavy atom. The lowest BCUT2D eigenvalue weighted by molar-refractivity contribution is 0.0167. The van der Waals surface area contributed by atoms with Gasteiger partial charge in [-0.1, -0.05) is 18.3 Å². The van der Waals surface area contributed by atoms with Crippen molar-refractivity contribution in [1.82, 2.24) is 10.6 Å². The van der Waals surface area contributed by atoms with Crippen molar-refractivity contribution in [1.29, 1.82) is 0 Å². The Hall–Kier alpha value is -0.100. The van der Waals surface area contributed by atoms with Gasteiger partial charge in [0, 0.05) is 13.2 Å². The van der Waals surface area contributed by atoms with Crippen LogP contribution in [0.4, 0.5) is 0 Å². The third-order valence-corrected chi connectivity index (χ3v) is 4.51. The molecule has 0 spiro atoms. The van der Waals surface area contributed by atoms with E-state index in [2.05, 4.69) is 29.8 Å². The maximum Gasteiger partial charge on any atom is 0.130 e. The number of ether oxygens (including phenoxy) is 1. The number of thiol groups is 1. The van der Waals surface area contributed by atoms with E-state index < -0.39 is 0 Å². The van der Waals surface area contributed by atoms with Crippen molar-refractivity contribution in [3.05, 3.63) is 12.7 Å². The summed E-state index contributed by atoms with van der Waals surface area (Å²) in [5, 5.41) is 6.58. The first kappa shape index (κ1) is 19.9. The molecule has 1 aliphatic rings. The van der Waals surface area contributed by atoms with Crippen LogP contribution in [-0.2, 0) is 4.74 Å². The number of rotatable bonds is 12. The van der Waals surface area contributed by atoms with E-state index in [0.29, 0.717) is 10.4 Å². The van der Waals surface area contributed by atoms with E-state index in [1.54, 1.807) is 0 Å². The number of hydrogen-bond donors (Lipinski definition) is 3. The zero-order valence-electron chi connectivity index (χ0n) is 13.7. The van der Waals surface area contributed by atoms with Crippen LogP contribution in [-0.4, -0.2) is 36.7 Å². The zero-order valence-corrected chi connectivity index (χ0v) is 15.4. The van der Waals surface area contributed by atoms with Crippen LogP contribution >= 0.6 is 24.8 Å². The van der Waals surface area contributed by atoms with E-state index in [9.17, 15) is 0 Å². The molecule has 0 radical (unpaired) electrons. The molecule has 3 nitrogen and oxygen atoms in total. The van der Waals surface area contributed by atoms with E-state index >= 15 is 0 Å². The lowest BCUT2D eigenvalue weighted by Crippen LogP contribution is -2.30. The van der Waals surface area contributed by atoms with Crippen LogP contribution in [0, 0.1) is 5.92 Å². The summed E-state index contributed by atoms with van der Waals surface area (Å²) in [5.74, 6) is 0.728. The Kier molecular flexibility index (Phi) is 12.1. The molecular formula is C17H32N2OS2. The first-order valence-electron chi connectivity index (χ1n) is 8.62. The van der Waals surface area contributed by atoms with E-state index in [4.69, 9.17) is 17.0 Å². The second-order valence-corrected chi connectivity index (χ2v) is 7.25. The molecule has 0 aromatic heterocycles. The highest BCUT2D eigenvalue weighted by molar-refractivity contribution is 8.11. The molecule has 0 unspecified atom stereocenters. The van der Waals surface area contributed by atoms with Crippen LogP contribution in [0.25, 0.3) is 0 Å². The van der Waals surface area contributed by atoms with Gasteiger partial charge in [-0.05, 0) is 70.4 Å². The lowest BCUT2D eigenvalue weighted by Gasteiger charge is -2.28. The summed E-state index contributed by atoms with van der Waals surface area (Å²) < 4.78 is 6.62. The van der Waals surface area contributed by atoms with Gasteiger partial charge in [-0.2, -0.15) is 0 Å². The summed E-state index contributed by atoms with van der Waals surface area (Å²) in [7, 11) is 0. The molecule has 2 N–H and O–H groups in total. The predicted molar refractivity (Wildman–Crippen MR) is 103 cm³/mol. The molecule has 0 atom stereocenters. The number of nitrogens with one attached hydrogen (secondary N) is 2. The van der Waals surface area contributed by atoms with Crippen molar-refractivity contribution in [2.75, 3.05) is 26.2 Å². The second-order valence-electron chi connectivity index (χ2n) is 6.09. The van der Waals surface area contributed by atoms with Crippen molar-refractivity contribution in [2.45, 2.75) is 57.5 Å². The Morgan fingerprint density at radius 3 is 2.64 bits per heavy atom. The van der Waals surface area contributed by atoms with Gasteiger partial charge in [-0.25, -0.2) is 0 Å². The van der Waals surface area contributed by atoms with E-state index in [1.165, 1.54) is 44.9 Å². The van der Waals surface area contributed by atoms with Crippen molar-refractivity contribution in [3.8, 4) is 0 Å². The van der Waals surface area contributed by atoms with Gasteiger partial charge in [0.2, 0.25) is 0 Å². The molecule has 0 heterocycles. The van der Waals surface area contributed by atoms with Gasteiger partial charge in [-0.3, -0.25) is 0 Å². The minimum atomic E-state index is 0.477. The minimum absolute atomic E-state index is 0.477. The SMILES string of the molecule is C=CCCNCCCCCO[C@H]1CC[C@H](CNC(=S)S)CC1. The van der Waals surface area contributed by atoms with E-state index in [1.807, 2.05) is 6.08 Å². The fraction of sp³-hybridized carbons (Fsp3) is 0.824. The van der Waals surface area contributed by atoms with Crippen LogP contribution in [0.1, 0.15) is 51.4 Å². The van der Waals surface area contributed by atoms with Gasteiger partial charge < -0.3 is 15.4 Å². The molecule has 0 saturated heterocycles. The molecule has 1 rings (SSSR count). The average molecular weight is 345 g/mol. The molecule has 1 aliphatic carbocycles. The lowest BCUT2D eigenvalue weighted by atomic mass is 9.87. The third kappa shape index (κ3) is 10.6. The summed E-state index contributed by atoms with van der Waals surface area (Å²) >= 11 is 9.03. The van der Waals surface area contributed by atoms with Crippen LogP contribution in [0.3, 0.4) is 0 Å². The molecule has 128 valence electrons. The van der Waals surface area contributed by atoms with Crippen molar-refractivity contribution in [2.24, 2.45) is 5.92 Å². The molecule has 1 fully saturated rings. The summed E-state index contributed by atoms with van der Waals surface area (Å²) in [6, 6.07) is 0. The van der Waals surface area contributed by atoms with E-state index in [0.717, 1.165) is 38.6 Å². The van der Waals surface area contributed by atoms with Gasteiger partial charge in [-0.15, -0.1) is 19.2 Å². The minimum Gasteiger partial charge on any atom is -0.378 e. The van der Waals surface area contributed by atoms with Crippen molar-refractivity contribution < 1.29 is 4.74 Å². The van der Waals surface area contributed by atoms with Gasteiger partial charge >= 0.3 is 0 Å². The largest absolute Gasteiger partial charge is 0.378 e. The number of hydrogen-bond acceptors (Lipinski definition) is 3. The topological polar surface area (TPSA) is 33.3 Å². The Labute approximate surface area is 147 Å². The molecule has 1 saturated carbocycles. The maximum atomic E-state index is 6.01. The quantitative estimate of drug-likeness (QED) is 0.218. The normalized spacial score (nSPS) is 21.5. The molecule has 0 aliphatic heterocycles. The molecule has 0 bridgehead atoms. The zero-order chi connectivity index (χ0) is 16.0. The first-order chi connectivity index (χ1) is 10.7. The first-order valence-corrected chi connectivity index (χ1v) is 9.48. The van der Waals surface area contributed by atoms with Crippen LogP contribution in [0.2, 0.25) is 0 Å². The fourth-order valence-electron chi connectivity index (χ4n) is 2.84. The Bertz CT molecular complexity index is 305. The van der Waals surface area contributed by atoms with Crippen LogP contribution in [0.5, 0.6) is 0 Å². The summed E-state index contributed by atoms with van der Waals surface area (Å²) in [6.45, 7) is 7.76. The maximum absolute atomic E-state index is 6.01. The van der Waals surface area contributed by atoms with Crippen LogP contribution in [0.15, 0.2) is 12.7 Å². The Balaban J connectivity index is 1.88. The molecule has 5 heteroatoms. The van der Waals surface area contributed by atoms with Crippen LogP contribution < -0.4 is 10.6 Å². The highest BCUT2D eigenvalue weighted by Crippen LogP contribution is 2.26. The van der Waals surface area contributed by atoms with Crippen molar-refractivity contribution in [3.63, 3.8) is 0 Å². The third-order valence-electron chi connectivity index (χ3n) is 4.21. The molecule has 0 amide bonds. The average Bonchev–Trinajstić information content (AvgIpc) is 2.52. The summed E-state index contributed by atoms with van der Waals surface area (Å²) in [6.07, 6.45) is 12.0. The Morgan fingerprint density at radius 2 is 1.95 bits per heavy atom. The smallest absolute Gasteiger partial charge is 0.130 e. The number of unbranched alkanes of at least 4 members (excludes halogenated alkanes) is 2. The number of thiocarbonyl (C=S) groups is 1. The molecule has 0 aromatic carbocycles. The monoisotopic (exact) mass is 344 g/mol. The van der Waals surface area contributed by atoms with Crippen molar-refractivity contribution >= 4 is 29.2 Å². The van der Waals surface area contributed by atoms with E-state index in [-0.39, 0.29) is 0 Å². The van der Waals surface area contributed by atoms with Gasteiger partial charge in [0.25, 0.3) is 0 Å². The molecular weight excluding hydrogens is 312 g/mol. The standard InChI is InChI=1S/C17H32N2OS2/c1-2-3-11-18-12-5-4-6-13-20-16-9-7-15(8-10-16)14-19-17(21)22/h2,15-16,18H,1,3-14H2,(H2,19,21,22)/t15-,16-. The fourth-order valence-corrected chi connectivity index (χ4v) is 3.02. The summed E-state index contributed by atoms with van der Waals surface area (Å²) in [5.41, 5.74) is 0. The van der Waals surface area contributed by atoms with Gasteiger partial charge in [0.15, 0.2) is 0 Å². The summed E-state index contributed by atoms with van der Waals surface area (Å²) in [4.78, 5) is 0. The molecule has 22 heavy (non-hydrogen) atoms. The van der Waals surface area contributed by atoms with Gasteiger partial charge in [0.1, 0.15) is 4.32 Å². The molecule has 0 aromatic rings. The second kappa shape index (κ2) is 13.3. The predicted octanol–water partition coefficient (Wildman–Crippen LogP) is 3.70. The highest BCUT2D eigenvalue weighted by Gasteiger charge is 2.21. The highest BCUT2D eigenvalue weighted by atomic mass is 32.1. The van der Waals surface area contributed by atoms with Gasteiger partial charge in [0.05, 0.1) is 6.10 Å².